The van der Waals surface area contributed by atoms with Crippen molar-refractivity contribution in [2.24, 2.45) is 0 Å². The number of hydrogen-bond acceptors (Lipinski definition) is 7. The highest BCUT2D eigenvalue weighted by Crippen LogP contribution is 2.34. The molecule has 10 heteroatoms. The minimum atomic E-state index is -2.81. The lowest BCUT2D eigenvalue weighted by Crippen LogP contribution is -2.56. The smallest absolute Gasteiger partial charge is 0.268 e. The normalized spacial score (nSPS) is 20.8. The zero-order chi connectivity index (χ0) is 22.7. The Morgan fingerprint density at radius 3 is 2.59 bits per heavy atom. The molecular weight excluding hydrogens is 420 g/mol. The van der Waals surface area contributed by atoms with E-state index in [0.717, 1.165) is 18.7 Å². The van der Waals surface area contributed by atoms with Crippen LogP contribution in [-0.4, -0.2) is 66.1 Å². The number of fused-ring (bicyclic) bond motifs is 2. The molecule has 2 fully saturated rings. The number of halogens is 2. The highest BCUT2D eigenvalue weighted by molar-refractivity contribution is 5.78. The van der Waals surface area contributed by atoms with E-state index >= 15 is 0 Å². The van der Waals surface area contributed by atoms with Gasteiger partial charge in [-0.05, 0) is 31.0 Å². The minimum Gasteiger partial charge on any atom is -0.495 e. The first-order valence-corrected chi connectivity index (χ1v) is 10.3. The van der Waals surface area contributed by atoms with Gasteiger partial charge in [0.1, 0.15) is 30.3 Å². The van der Waals surface area contributed by atoms with E-state index in [1.54, 1.807) is 11.0 Å². The number of ether oxygens (including phenoxy) is 2. The predicted molar refractivity (Wildman–Crippen MR) is 110 cm³/mol. The molecule has 2 aliphatic heterocycles. The van der Waals surface area contributed by atoms with Crippen molar-refractivity contribution in [2.75, 3.05) is 31.7 Å². The molecule has 1 amide bonds. The van der Waals surface area contributed by atoms with Crippen LogP contribution in [0.2, 0.25) is 0 Å². The van der Waals surface area contributed by atoms with Crippen molar-refractivity contribution < 1.29 is 23.0 Å². The minimum absolute atomic E-state index is 0.0895. The summed E-state index contributed by atoms with van der Waals surface area (Å²) in [5, 5.41) is 8.96. The number of nitriles is 1. The molecule has 0 N–H and O–H groups in total. The molecule has 3 atom stereocenters. The number of piperazine rings is 1. The van der Waals surface area contributed by atoms with Crippen molar-refractivity contribution in [1.82, 2.24) is 14.9 Å². The molecule has 2 aliphatic rings. The molecule has 4 heterocycles. The van der Waals surface area contributed by atoms with Gasteiger partial charge in [0.05, 0.1) is 18.9 Å². The van der Waals surface area contributed by atoms with Crippen molar-refractivity contribution in [3.63, 3.8) is 0 Å². The Balaban J connectivity index is 1.39. The van der Waals surface area contributed by atoms with Crippen LogP contribution >= 0.6 is 0 Å². The Hall–Kier alpha value is -3.32. The molecule has 0 aromatic carbocycles. The topological polar surface area (TPSA) is 91.6 Å². The zero-order valence-electron chi connectivity index (χ0n) is 17.5. The number of pyridine rings is 2. The van der Waals surface area contributed by atoms with Crippen LogP contribution in [-0.2, 0) is 9.53 Å². The Morgan fingerprint density at radius 1 is 1.25 bits per heavy atom. The lowest BCUT2D eigenvalue weighted by Gasteiger charge is -2.41. The van der Waals surface area contributed by atoms with Crippen LogP contribution < -0.4 is 9.64 Å². The maximum absolute atomic E-state index is 13.6. The summed E-state index contributed by atoms with van der Waals surface area (Å²) >= 11 is 0. The first kappa shape index (κ1) is 21.9. The van der Waals surface area contributed by atoms with Crippen molar-refractivity contribution in [2.45, 2.75) is 37.5 Å². The fourth-order valence-electron chi connectivity index (χ4n) is 4.36. The van der Waals surface area contributed by atoms with Crippen LogP contribution in [0.25, 0.3) is 0 Å². The van der Waals surface area contributed by atoms with E-state index in [-0.39, 0.29) is 23.6 Å². The number of rotatable bonds is 7. The van der Waals surface area contributed by atoms with Gasteiger partial charge in [-0.3, -0.25) is 9.78 Å². The molecule has 2 saturated heterocycles. The second kappa shape index (κ2) is 9.44. The monoisotopic (exact) mass is 443 g/mol. The maximum Gasteiger partial charge on any atom is 0.268 e. The van der Waals surface area contributed by atoms with Crippen molar-refractivity contribution >= 4 is 11.7 Å². The number of carbonyl (C=O) groups is 1. The van der Waals surface area contributed by atoms with E-state index in [2.05, 4.69) is 20.9 Å². The Morgan fingerprint density at radius 2 is 2.00 bits per heavy atom. The molecule has 32 heavy (non-hydrogen) atoms. The van der Waals surface area contributed by atoms with Crippen molar-refractivity contribution in [3.8, 4) is 11.8 Å². The number of hydrogen-bond donors (Lipinski definition) is 0. The number of carbonyl (C=O) groups excluding carboxylic acids is 1. The largest absolute Gasteiger partial charge is 0.495 e. The lowest BCUT2D eigenvalue weighted by molar-refractivity contribution is -0.143. The van der Waals surface area contributed by atoms with Gasteiger partial charge in [0.2, 0.25) is 5.91 Å². The third kappa shape index (κ3) is 4.48. The molecule has 168 valence electrons. The lowest BCUT2D eigenvalue weighted by atomic mass is 10.1. The summed E-state index contributed by atoms with van der Waals surface area (Å²) in [5.74, 6) is 0.797. The van der Waals surface area contributed by atoms with Crippen LogP contribution in [0.3, 0.4) is 0 Å². The summed E-state index contributed by atoms with van der Waals surface area (Å²) in [4.78, 5) is 24.9. The Kier molecular flexibility index (Phi) is 6.46. The molecule has 2 aromatic heterocycles. The fourth-order valence-corrected chi connectivity index (χ4v) is 4.36. The molecule has 2 aromatic rings. The van der Waals surface area contributed by atoms with E-state index in [1.807, 2.05) is 6.07 Å². The second-order valence-electron chi connectivity index (χ2n) is 7.83. The quantitative estimate of drug-likeness (QED) is 0.650. The fraction of sp³-hybridized carbons (Fsp3) is 0.455. The number of likely N-dealkylation sites (tertiary alicyclic amines) is 1. The van der Waals surface area contributed by atoms with Crippen LogP contribution in [0, 0.1) is 11.3 Å². The van der Waals surface area contributed by atoms with E-state index in [0.29, 0.717) is 24.4 Å². The van der Waals surface area contributed by atoms with E-state index in [4.69, 9.17) is 14.7 Å². The number of aromatic nitrogens is 2. The molecule has 0 spiro atoms. The summed E-state index contributed by atoms with van der Waals surface area (Å²) in [6.45, 7) is 0.502. The summed E-state index contributed by atoms with van der Waals surface area (Å²) in [6.07, 6.45) is 1.67. The molecule has 8 nitrogen and oxygen atoms in total. The zero-order valence-corrected chi connectivity index (χ0v) is 17.5. The third-order valence-electron chi connectivity index (χ3n) is 5.89. The first-order chi connectivity index (χ1) is 15.5. The Labute approximate surface area is 184 Å². The number of amides is 1. The standard InChI is InChI=1S/C22H23F2N5O3/c1-31-18-6-15(9-26-10-18)21(22(23)24)32-13-20(30)28-11-16-3-4-17(12-28)29(16)19-5-2-14(7-25)8-27-19/h2,5-6,8-10,16-17,21-22H,3-4,11-13H2,1H3. The van der Waals surface area contributed by atoms with Crippen molar-refractivity contribution in [3.05, 3.63) is 47.9 Å². The number of alkyl halides is 2. The van der Waals surface area contributed by atoms with Gasteiger partial charge in [-0.25, -0.2) is 13.8 Å². The second-order valence-corrected chi connectivity index (χ2v) is 7.83. The van der Waals surface area contributed by atoms with Crippen LogP contribution in [0.15, 0.2) is 36.8 Å². The SMILES string of the molecule is COc1cncc(C(OCC(=O)N2CC3CCC(C2)N3c2ccc(C#N)cn2)C(F)F)c1. The highest BCUT2D eigenvalue weighted by Gasteiger charge is 2.42. The summed E-state index contributed by atoms with van der Waals surface area (Å²) < 4.78 is 37.5. The first-order valence-electron chi connectivity index (χ1n) is 10.3. The highest BCUT2D eigenvalue weighted by atomic mass is 19.3. The molecule has 3 unspecified atom stereocenters. The van der Waals surface area contributed by atoms with Gasteiger partial charge in [-0.15, -0.1) is 0 Å². The summed E-state index contributed by atoms with van der Waals surface area (Å²) in [5.41, 5.74) is 0.649. The van der Waals surface area contributed by atoms with Gasteiger partial charge in [-0.2, -0.15) is 5.26 Å². The van der Waals surface area contributed by atoms with Gasteiger partial charge in [-0.1, -0.05) is 0 Å². The van der Waals surface area contributed by atoms with Gasteiger partial charge < -0.3 is 19.3 Å². The van der Waals surface area contributed by atoms with E-state index in [1.165, 1.54) is 31.8 Å². The molecule has 4 rings (SSSR count). The van der Waals surface area contributed by atoms with Gasteiger partial charge in [0.15, 0.2) is 0 Å². The van der Waals surface area contributed by atoms with Gasteiger partial charge in [0.25, 0.3) is 6.43 Å². The summed E-state index contributed by atoms with van der Waals surface area (Å²) in [6, 6.07) is 7.21. The average molecular weight is 443 g/mol. The number of methoxy groups -OCH3 is 1. The van der Waals surface area contributed by atoms with E-state index < -0.39 is 19.1 Å². The van der Waals surface area contributed by atoms with Crippen molar-refractivity contribution in [1.29, 1.82) is 5.26 Å². The maximum atomic E-state index is 13.6. The summed E-state index contributed by atoms with van der Waals surface area (Å²) in [7, 11) is 1.42. The molecular formula is C22H23F2N5O3. The van der Waals surface area contributed by atoms with Crippen LogP contribution in [0.1, 0.15) is 30.1 Å². The van der Waals surface area contributed by atoms with Gasteiger partial charge in [0, 0.05) is 43.1 Å². The number of anilines is 1. The average Bonchev–Trinajstić information content (AvgIpc) is 3.07. The Bertz CT molecular complexity index is 984. The molecule has 0 radical (unpaired) electrons. The van der Waals surface area contributed by atoms with E-state index in [9.17, 15) is 13.6 Å². The molecule has 2 bridgehead atoms. The molecule has 0 saturated carbocycles. The van der Waals surface area contributed by atoms with Crippen LogP contribution in [0.4, 0.5) is 14.6 Å². The van der Waals surface area contributed by atoms with Crippen LogP contribution in [0.5, 0.6) is 5.75 Å². The number of nitrogens with zero attached hydrogens (tertiary/aromatic N) is 5. The van der Waals surface area contributed by atoms with Gasteiger partial charge >= 0.3 is 0 Å². The predicted octanol–water partition coefficient (Wildman–Crippen LogP) is 2.56. The third-order valence-corrected chi connectivity index (χ3v) is 5.89. The molecule has 0 aliphatic carbocycles.